The van der Waals surface area contributed by atoms with Crippen molar-refractivity contribution in [2.24, 2.45) is 0 Å². The number of benzene rings is 2. The third-order valence-corrected chi connectivity index (χ3v) is 4.76. The second-order valence-electron chi connectivity index (χ2n) is 6.62. The summed E-state index contributed by atoms with van der Waals surface area (Å²) in [6.07, 6.45) is 0. The monoisotopic (exact) mass is 355 g/mol. The second-order valence-corrected chi connectivity index (χ2v) is 6.62. The van der Waals surface area contributed by atoms with Gasteiger partial charge in [-0.2, -0.15) is 0 Å². The predicted octanol–water partition coefficient (Wildman–Crippen LogP) is 2.62. The van der Waals surface area contributed by atoms with Crippen molar-refractivity contribution in [2.45, 2.75) is 13.8 Å². The van der Waals surface area contributed by atoms with Crippen molar-refractivity contribution in [3.63, 3.8) is 0 Å². The molecule has 0 aliphatic carbocycles. The SMILES string of the molecule is Cc1ccc(C(=O)N2CCN(C(=O)c3cc(N)ccc3C)CC2)cc1F. The lowest BCUT2D eigenvalue weighted by molar-refractivity contribution is 0.0535. The number of nitrogens with zero attached hydrogens (tertiary/aromatic N) is 2. The Hall–Kier alpha value is -2.89. The van der Waals surface area contributed by atoms with Crippen LogP contribution in [0.4, 0.5) is 10.1 Å². The zero-order valence-electron chi connectivity index (χ0n) is 15.0. The Morgan fingerprint density at radius 2 is 1.46 bits per heavy atom. The quantitative estimate of drug-likeness (QED) is 0.842. The molecule has 5 nitrogen and oxygen atoms in total. The van der Waals surface area contributed by atoms with Gasteiger partial charge in [0.05, 0.1) is 0 Å². The second kappa shape index (κ2) is 7.15. The van der Waals surface area contributed by atoms with E-state index in [1.807, 2.05) is 13.0 Å². The highest BCUT2D eigenvalue weighted by molar-refractivity contribution is 5.97. The van der Waals surface area contributed by atoms with Gasteiger partial charge in [0.15, 0.2) is 0 Å². The van der Waals surface area contributed by atoms with Crippen LogP contribution in [-0.2, 0) is 0 Å². The summed E-state index contributed by atoms with van der Waals surface area (Å²) in [5, 5.41) is 0. The molecule has 0 atom stereocenters. The summed E-state index contributed by atoms with van der Waals surface area (Å²) in [4.78, 5) is 28.6. The van der Waals surface area contributed by atoms with Gasteiger partial charge >= 0.3 is 0 Å². The first-order chi connectivity index (χ1) is 12.4. The first kappa shape index (κ1) is 17.9. The number of anilines is 1. The summed E-state index contributed by atoms with van der Waals surface area (Å²) < 4.78 is 13.7. The van der Waals surface area contributed by atoms with E-state index in [4.69, 9.17) is 5.73 Å². The summed E-state index contributed by atoms with van der Waals surface area (Å²) in [7, 11) is 0. The van der Waals surface area contributed by atoms with Gasteiger partial charge in [0.1, 0.15) is 5.82 Å². The van der Waals surface area contributed by atoms with Crippen LogP contribution >= 0.6 is 0 Å². The van der Waals surface area contributed by atoms with Gasteiger partial charge < -0.3 is 15.5 Å². The van der Waals surface area contributed by atoms with Crippen LogP contribution < -0.4 is 5.73 Å². The predicted molar refractivity (Wildman–Crippen MR) is 98.5 cm³/mol. The van der Waals surface area contributed by atoms with E-state index in [1.165, 1.54) is 6.07 Å². The Bertz CT molecular complexity index is 858. The van der Waals surface area contributed by atoms with E-state index in [1.54, 1.807) is 41.0 Å². The number of hydrogen-bond donors (Lipinski definition) is 1. The van der Waals surface area contributed by atoms with E-state index in [2.05, 4.69) is 0 Å². The molecule has 6 heteroatoms. The van der Waals surface area contributed by atoms with E-state index in [9.17, 15) is 14.0 Å². The fraction of sp³-hybridized carbons (Fsp3) is 0.300. The minimum atomic E-state index is -0.387. The number of nitrogens with two attached hydrogens (primary N) is 1. The highest BCUT2D eigenvalue weighted by Gasteiger charge is 2.26. The molecule has 0 radical (unpaired) electrons. The van der Waals surface area contributed by atoms with E-state index in [0.29, 0.717) is 48.6 Å². The van der Waals surface area contributed by atoms with Crippen molar-refractivity contribution < 1.29 is 14.0 Å². The maximum absolute atomic E-state index is 13.7. The Morgan fingerprint density at radius 3 is 2.08 bits per heavy atom. The minimum absolute atomic E-state index is 0.0803. The smallest absolute Gasteiger partial charge is 0.254 e. The molecule has 2 N–H and O–H groups in total. The third kappa shape index (κ3) is 3.54. The Balaban J connectivity index is 1.67. The van der Waals surface area contributed by atoms with Gasteiger partial charge in [-0.3, -0.25) is 9.59 Å². The van der Waals surface area contributed by atoms with Crippen LogP contribution in [0.2, 0.25) is 0 Å². The Labute approximate surface area is 152 Å². The van der Waals surface area contributed by atoms with E-state index in [-0.39, 0.29) is 17.6 Å². The molecule has 0 unspecified atom stereocenters. The van der Waals surface area contributed by atoms with Crippen molar-refractivity contribution in [1.82, 2.24) is 9.80 Å². The van der Waals surface area contributed by atoms with E-state index < -0.39 is 0 Å². The highest BCUT2D eigenvalue weighted by atomic mass is 19.1. The molecule has 26 heavy (non-hydrogen) atoms. The number of amides is 2. The summed E-state index contributed by atoms with van der Waals surface area (Å²) in [6, 6.07) is 9.78. The maximum atomic E-state index is 13.7. The van der Waals surface area contributed by atoms with Gasteiger partial charge in [0, 0.05) is 43.0 Å². The molecule has 2 amide bonds. The number of aryl methyl sites for hydroxylation is 2. The number of carbonyl (C=O) groups excluding carboxylic acids is 2. The number of hydrogen-bond acceptors (Lipinski definition) is 3. The lowest BCUT2D eigenvalue weighted by Gasteiger charge is -2.35. The molecule has 0 bridgehead atoms. The average molecular weight is 355 g/mol. The lowest BCUT2D eigenvalue weighted by atomic mass is 10.1. The van der Waals surface area contributed by atoms with Crippen LogP contribution in [-0.4, -0.2) is 47.8 Å². The van der Waals surface area contributed by atoms with Crippen LogP contribution in [0.3, 0.4) is 0 Å². The maximum Gasteiger partial charge on any atom is 0.254 e. The molecule has 0 aromatic heterocycles. The largest absolute Gasteiger partial charge is 0.399 e. The molecule has 1 fully saturated rings. The van der Waals surface area contributed by atoms with Crippen molar-refractivity contribution in [3.05, 3.63) is 64.5 Å². The molecular formula is C20H22FN3O2. The molecule has 1 aliphatic heterocycles. The number of nitrogen functional groups attached to an aromatic ring is 1. The summed E-state index contributed by atoms with van der Waals surface area (Å²) in [5.74, 6) is -0.679. The normalized spacial score (nSPS) is 14.4. The molecule has 136 valence electrons. The first-order valence-corrected chi connectivity index (χ1v) is 8.57. The fourth-order valence-corrected chi connectivity index (χ4v) is 3.06. The lowest BCUT2D eigenvalue weighted by Crippen LogP contribution is -2.50. The molecule has 1 saturated heterocycles. The fourth-order valence-electron chi connectivity index (χ4n) is 3.06. The topological polar surface area (TPSA) is 66.6 Å². The minimum Gasteiger partial charge on any atom is -0.399 e. The molecule has 1 heterocycles. The summed E-state index contributed by atoms with van der Waals surface area (Å²) in [6.45, 7) is 5.24. The molecule has 3 rings (SSSR count). The van der Waals surface area contributed by atoms with Crippen LogP contribution in [0.5, 0.6) is 0 Å². The molecule has 2 aromatic carbocycles. The van der Waals surface area contributed by atoms with Gasteiger partial charge in [-0.15, -0.1) is 0 Å². The molecule has 0 spiro atoms. The molecule has 1 aliphatic rings. The standard InChI is InChI=1S/C20H22FN3O2/c1-13-4-6-16(22)12-17(13)20(26)24-9-7-23(8-10-24)19(25)15-5-3-14(2)18(21)11-15/h3-6,11-12H,7-10,22H2,1-2H3. The average Bonchev–Trinajstić information content (AvgIpc) is 2.65. The molecule has 0 saturated carbocycles. The number of halogens is 1. The number of carbonyl (C=O) groups is 2. The van der Waals surface area contributed by atoms with Crippen LogP contribution in [0.15, 0.2) is 36.4 Å². The summed E-state index contributed by atoms with van der Waals surface area (Å²) >= 11 is 0. The van der Waals surface area contributed by atoms with Crippen molar-refractivity contribution in [3.8, 4) is 0 Å². The van der Waals surface area contributed by atoms with Crippen LogP contribution in [0.1, 0.15) is 31.8 Å². The van der Waals surface area contributed by atoms with Gasteiger partial charge in [-0.25, -0.2) is 4.39 Å². The molecular weight excluding hydrogens is 333 g/mol. The zero-order chi connectivity index (χ0) is 18.8. The van der Waals surface area contributed by atoms with E-state index >= 15 is 0 Å². The van der Waals surface area contributed by atoms with E-state index in [0.717, 1.165) is 5.56 Å². The first-order valence-electron chi connectivity index (χ1n) is 8.57. The third-order valence-electron chi connectivity index (χ3n) is 4.76. The summed E-state index contributed by atoms with van der Waals surface area (Å²) in [5.41, 5.74) is 8.64. The number of rotatable bonds is 2. The van der Waals surface area contributed by atoms with Crippen molar-refractivity contribution >= 4 is 17.5 Å². The van der Waals surface area contributed by atoms with Crippen molar-refractivity contribution in [1.29, 1.82) is 0 Å². The Morgan fingerprint density at radius 1 is 0.885 bits per heavy atom. The van der Waals surface area contributed by atoms with Crippen LogP contribution in [0, 0.1) is 19.7 Å². The number of piperazine rings is 1. The zero-order valence-corrected chi connectivity index (χ0v) is 15.0. The highest BCUT2D eigenvalue weighted by Crippen LogP contribution is 2.18. The van der Waals surface area contributed by atoms with Gasteiger partial charge in [0.2, 0.25) is 0 Å². The van der Waals surface area contributed by atoms with Crippen LogP contribution in [0.25, 0.3) is 0 Å². The van der Waals surface area contributed by atoms with Gasteiger partial charge in [0.25, 0.3) is 11.8 Å². The van der Waals surface area contributed by atoms with Crippen molar-refractivity contribution in [2.75, 3.05) is 31.9 Å². The van der Waals surface area contributed by atoms with Gasteiger partial charge in [-0.05, 0) is 49.2 Å². The van der Waals surface area contributed by atoms with Gasteiger partial charge in [-0.1, -0.05) is 12.1 Å². The Kier molecular flexibility index (Phi) is 4.93. The molecule has 2 aromatic rings.